The zero-order valence-electron chi connectivity index (χ0n) is 19.0. The number of hydrogen-bond donors (Lipinski definition) is 0. The highest BCUT2D eigenvalue weighted by atomic mass is 16.5. The van der Waals surface area contributed by atoms with Crippen molar-refractivity contribution in [1.29, 1.82) is 0 Å². The lowest BCUT2D eigenvalue weighted by atomic mass is 9.95. The van der Waals surface area contributed by atoms with Gasteiger partial charge < -0.3 is 14.5 Å². The first kappa shape index (κ1) is 21.9. The zero-order valence-corrected chi connectivity index (χ0v) is 19.0. The van der Waals surface area contributed by atoms with E-state index in [0.29, 0.717) is 25.2 Å². The van der Waals surface area contributed by atoms with Crippen molar-refractivity contribution in [3.05, 3.63) is 77.4 Å². The van der Waals surface area contributed by atoms with Gasteiger partial charge in [0.05, 0.1) is 13.0 Å². The van der Waals surface area contributed by atoms with Gasteiger partial charge in [0.15, 0.2) is 0 Å². The lowest BCUT2D eigenvalue weighted by molar-refractivity contribution is -0.136. The molecule has 1 saturated heterocycles. The van der Waals surface area contributed by atoms with Gasteiger partial charge in [-0.25, -0.2) is 0 Å². The summed E-state index contributed by atoms with van der Waals surface area (Å²) in [7, 11) is 3.48. The minimum absolute atomic E-state index is 0.0254. The van der Waals surface area contributed by atoms with Crippen molar-refractivity contribution in [3.8, 4) is 5.75 Å². The molecule has 5 heteroatoms. The maximum atomic E-state index is 13.4. The average molecular weight is 431 g/mol. The van der Waals surface area contributed by atoms with Crippen LogP contribution in [0.1, 0.15) is 34.3 Å². The lowest BCUT2D eigenvalue weighted by Crippen LogP contribution is -2.45. The second-order valence-electron chi connectivity index (χ2n) is 8.63. The topological polar surface area (TPSA) is 49.9 Å². The molecule has 32 heavy (non-hydrogen) atoms. The fourth-order valence-electron chi connectivity index (χ4n) is 4.53. The molecule has 3 aromatic rings. The number of benzene rings is 3. The van der Waals surface area contributed by atoms with E-state index >= 15 is 0 Å². The third-order valence-electron chi connectivity index (χ3n) is 6.31. The van der Waals surface area contributed by atoms with Crippen molar-refractivity contribution < 1.29 is 14.3 Å². The third kappa shape index (κ3) is 4.47. The van der Waals surface area contributed by atoms with Crippen LogP contribution in [-0.2, 0) is 11.3 Å². The summed E-state index contributed by atoms with van der Waals surface area (Å²) in [5, 5.41) is 1.80. The number of hydrogen-bond acceptors (Lipinski definition) is 3. The number of piperidine rings is 1. The van der Waals surface area contributed by atoms with E-state index in [-0.39, 0.29) is 17.7 Å². The Labute approximate surface area is 189 Å². The lowest BCUT2D eigenvalue weighted by Gasteiger charge is -2.34. The third-order valence-corrected chi connectivity index (χ3v) is 6.31. The molecule has 0 N–H and O–H groups in total. The Hall–Kier alpha value is -3.34. The maximum Gasteiger partial charge on any atom is 0.254 e. The highest BCUT2D eigenvalue weighted by molar-refractivity contribution is 6.08. The number of aryl methyl sites for hydroxylation is 1. The summed E-state index contributed by atoms with van der Waals surface area (Å²) >= 11 is 0. The molecule has 4 rings (SSSR count). The van der Waals surface area contributed by atoms with Crippen LogP contribution in [0.25, 0.3) is 10.8 Å². The van der Waals surface area contributed by atoms with E-state index in [1.807, 2.05) is 48.3 Å². The smallest absolute Gasteiger partial charge is 0.254 e. The van der Waals surface area contributed by atoms with Gasteiger partial charge in [-0.2, -0.15) is 0 Å². The van der Waals surface area contributed by atoms with E-state index in [9.17, 15) is 9.59 Å². The molecule has 1 aliphatic heterocycles. The van der Waals surface area contributed by atoms with E-state index in [0.717, 1.165) is 34.9 Å². The molecule has 0 bridgehead atoms. The fraction of sp³-hybridized carbons (Fsp3) is 0.333. The fourth-order valence-corrected chi connectivity index (χ4v) is 4.53. The molecule has 0 unspecified atom stereocenters. The van der Waals surface area contributed by atoms with Crippen molar-refractivity contribution in [2.45, 2.75) is 26.3 Å². The molecule has 3 aromatic carbocycles. The van der Waals surface area contributed by atoms with Gasteiger partial charge in [-0.05, 0) is 42.8 Å². The average Bonchev–Trinajstić information content (AvgIpc) is 2.84. The monoisotopic (exact) mass is 430 g/mol. The predicted octanol–water partition coefficient (Wildman–Crippen LogP) is 4.67. The van der Waals surface area contributed by atoms with Crippen molar-refractivity contribution >= 4 is 22.6 Å². The van der Waals surface area contributed by atoms with Crippen molar-refractivity contribution in [2.24, 2.45) is 5.92 Å². The molecule has 1 atom stereocenters. The number of fused-ring (bicyclic) bond motifs is 1. The van der Waals surface area contributed by atoms with Crippen LogP contribution in [0.15, 0.2) is 60.7 Å². The first-order chi connectivity index (χ1) is 15.5. The molecule has 2 amide bonds. The van der Waals surface area contributed by atoms with E-state index in [1.54, 1.807) is 12.0 Å². The number of carbonyl (C=O) groups excluding carboxylic acids is 2. The Morgan fingerprint density at radius 3 is 2.47 bits per heavy atom. The first-order valence-corrected chi connectivity index (χ1v) is 11.1. The van der Waals surface area contributed by atoms with Gasteiger partial charge in [0.25, 0.3) is 5.91 Å². The normalized spacial score (nSPS) is 16.1. The highest BCUT2D eigenvalue weighted by Crippen LogP contribution is 2.30. The molecule has 0 aromatic heterocycles. The van der Waals surface area contributed by atoms with Crippen molar-refractivity contribution in [3.63, 3.8) is 0 Å². The summed E-state index contributed by atoms with van der Waals surface area (Å²) < 4.78 is 5.46. The summed E-state index contributed by atoms with van der Waals surface area (Å²) in [5.41, 5.74) is 2.97. The molecule has 1 heterocycles. The number of ether oxygens (including phenoxy) is 1. The second kappa shape index (κ2) is 9.43. The van der Waals surface area contributed by atoms with Crippen molar-refractivity contribution in [1.82, 2.24) is 9.80 Å². The quantitative estimate of drug-likeness (QED) is 0.591. The molecule has 0 saturated carbocycles. The van der Waals surface area contributed by atoms with Crippen LogP contribution >= 0.6 is 0 Å². The number of rotatable bonds is 5. The minimum atomic E-state index is -0.173. The molecule has 0 aliphatic carbocycles. The number of nitrogens with zero attached hydrogens (tertiary/aromatic N) is 2. The highest BCUT2D eigenvalue weighted by Gasteiger charge is 2.31. The van der Waals surface area contributed by atoms with Gasteiger partial charge in [0.1, 0.15) is 5.75 Å². The zero-order chi connectivity index (χ0) is 22.7. The number of carbonyl (C=O) groups is 2. The Morgan fingerprint density at radius 2 is 1.75 bits per heavy atom. The van der Waals surface area contributed by atoms with Gasteiger partial charge in [-0.1, -0.05) is 54.1 Å². The van der Waals surface area contributed by atoms with Gasteiger partial charge >= 0.3 is 0 Å². The largest absolute Gasteiger partial charge is 0.496 e. The van der Waals surface area contributed by atoms with E-state index in [4.69, 9.17) is 4.74 Å². The van der Waals surface area contributed by atoms with Crippen LogP contribution in [0, 0.1) is 12.8 Å². The van der Waals surface area contributed by atoms with Crippen LogP contribution in [0.4, 0.5) is 0 Å². The number of amides is 2. The summed E-state index contributed by atoms with van der Waals surface area (Å²) in [6.07, 6.45) is 1.64. The summed E-state index contributed by atoms with van der Waals surface area (Å²) in [6, 6.07) is 19.7. The molecule has 166 valence electrons. The molecular weight excluding hydrogens is 400 g/mol. The van der Waals surface area contributed by atoms with Crippen LogP contribution < -0.4 is 4.74 Å². The Balaban J connectivity index is 1.49. The molecule has 0 radical (unpaired) electrons. The molecule has 0 spiro atoms. The van der Waals surface area contributed by atoms with Gasteiger partial charge in [0.2, 0.25) is 5.91 Å². The van der Waals surface area contributed by atoms with Crippen molar-refractivity contribution in [2.75, 3.05) is 27.2 Å². The Morgan fingerprint density at radius 1 is 1.03 bits per heavy atom. The second-order valence-corrected chi connectivity index (χ2v) is 8.63. The Bertz CT molecular complexity index is 1120. The van der Waals surface area contributed by atoms with E-state index in [1.165, 1.54) is 5.56 Å². The van der Waals surface area contributed by atoms with Crippen LogP contribution in [0.5, 0.6) is 5.75 Å². The molecule has 1 fully saturated rings. The Kier molecular flexibility index (Phi) is 6.45. The van der Waals surface area contributed by atoms with Crippen LogP contribution in [-0.4, -0.2) is 48.9 Å². The number of likely N-dealkylation sites (tertiary alicyclic amines) is 1. The number of methoxy groups -OCH3 is 1. The first-order valence-electron chi connectivity index (χ1n) is 11.1. The molecule has 1 aliphatic rings. The predicted molar refractivity (Wildman–Crippen MR) is 127 cm³/mol. The molecular formula is C27H30N2O3. The standard InChI is InChI=1S/C27H30N2O3/c1-19-10-12-20(13-11-19)17-28(2)26(30)21-7-6-16-29(18-21)27(31)24-14-15-25(32-3)23-9-5-4-8-22(23)24/h4-5,8-15,21H,6-7,16-18H2,1-3H3/t21-/m0/s1. The van der Waals surface area contributed by atoms with Crippen LogP contribution in [0.2, 0.25) is 0 Å². The minimum Gasteiger partial charge on any atom is -0.496 e. The van der Waals surface area contributed by atoms with Gasteiger partial charge in [-0.3, -0.25) is 9.59 Å². The van der Waals surface area contributed by atoms with Crippen LogP contribution in [0.3, 0.4) is 0 Å². The van der Waals surface area contributed by atoms with E-state index < -0.39 is 0 Å². The SMILES string of the molecule is COc1ccc(C(=O)N2CCC[C@H](C(=O)N(C)Cc3ccc(C)cc3)C2)c2ccccc12. The maximum absolute atomic E-state index is 13.4. The summed E-state index contributed by atoms with van der Waals surface area (Å²) in [5.74, 6) is 0.652. The van der Waals surface area contributed by atoms with Gasteiger partial charge in [0, 0.05) is 37.6 Å². The molecule has 5 nitrogen and oxygen atoms in total. The van der Waals surface area contributed by atoms with Gasteiger partial charge in [-0.15, -0.1) is 0 Å². The summed E-state index contributed by atoms with van der Waals surface area (Å²) in [6.45, 7) is 3.76. The van der Waals surface area contributed by atoms with E-state index in [2.05, 4.69) is 31.2 Å². The summed E-state index contributed by atoms with van der Waals surface area (Å²) in [4.78, 5) is 30.2.